The maximum Gasteiger partial charge on any atom is 0.124 e. The smallest absolute Gasteiger partial charge is 0.124 e. The van der Waals surface area contributed by atoms with Crippen LogP contribution >= 0.6 is 0 Å². The molecule has 1 rings (SSSR count). The molecule has 0 aliphatic carbocycles. The van der Waals surface area contributed by atoms with Crippen LogP contribution in [0.3, 0.4) is 0 Å². The second kappa shape index (κ2) is 9.75. The largest absolute Gasteiger partial charge is 0.496 e. The van der Waals surface area contributed by atoms with Crippen molar-refractivity contribution in [3.63, 3.8) is 0 Å². The van der Waals surface area contributed by atoms with Gasteiger partial charge in [0, 0.05) is 12.1 Å². The fourth-order valence-corrected chi connectivity index (χ4v) is 1.94. The van der Waals surface area contributed by atoms with Crippen LogP contribution in [0.1, 0.15) is 32.4 Å². The summed E-state index contributed by atoms with van der Waals surface area (Å²) in [6, 6.07) is 7.98. The van der Waals surface area contributed by atoms with Crippen molar-refractivity contribution in [1.29, 1.82) is 0 Å². The van der Waals surface area contributed by atoms with Crippen LogP contribution in [0, 0.1) is 0 Å². The molecule has 0 aromatic heterocycles. The standard InChI is InChI=1S/C16H27NO3/c1-5-17-12-16(20-11-10-19-13(2)3)14-8-6-7-9-15(14)18-4/h6-9,13,16-17H,5,10-12H2,1-4H3. The average molecular weight is 281 g/mol. The van der Waals surface area contributed by atoms with E-state index in [1.165, 1.54) is 0 Å². The highest BCUT2D eigenvalue weighted by atomic mass is 16.5. The van der Waals surface area contributed by atoms with Gasteiger partial charge in [-0.15, -0.1) is 0 Å². The molecule has 114 valence electrons. The molecular weight excluding hydrogens is 254 g/mol. The number of ether oxygens (including phenoxy) is 3. The van der Waals surface area contributed by atoms with Crippen molar-refractivity contribution < 1.29 is 14.2 Å². The van der Waals surface area contributed by atoms with Crippen molar-refractivity contribution in [2.75, 3.05) is 33.4 Å². The van der Waals surface area contributed by atoms with Gasteiger partial charge in [0.25, 0.3) is 0 Å². The Hall–Kier alpha value is -1.10. The minimum atomic E-state index is -0.0261. The van der Waals surface area contributed by atoms with Crippen molar-refractivity contribution in [3.05, 3.63) is 29.8 Å². The quantitative estimate of drug-likeness (QED) is 0.669. The van der Waals surface area contributed by atoms with Crippen molar-refractivity contribution in [2.45, 2.75) is 33.0 Å². The summed E-state index contributed by atoms with van der Waals surface area (Å²) in [4.78, 5) is 0. The number of likely N-dealkylation sites (N-methyl/N-ethyl adjacent to an activating group) is 1. The van der Waals surface area contributed by atoms with Gasteiger partial charge >= 0.3 is 0 Å². The molecule has 0 fully saturated rings. The molecule has 4 nitrogen and oxygen atoms in total. The first-order chi connectivity index (χ1) is 9.69. The van der Waals surface area contributed by atoms with Crippen LogP contribution in [0.5, 0.6) is 5.75 Å². The van der Waals surface area contributed by atoms with Gasteiger partial charge in [-0.05, 0) is 26.5 Å². The summed E-state index contributed by atoms with van der Waals surface area (Å²) in [5.41, 5.74) is 1.07. The molecule has 0 bridgehead atoms. The van der Waals surface area contributed by atoms with E-state index in [4.69, 9.17) is 14.2 Å². The molecule has 1 unspecified atom stereocenters. The van der Waals surface area contributed by atoms with Gasteiger partial charge in [0.15, 0.2) is 0 Å². The molecule has 0 amide bonds. The zero-order chi connectivity index (χ0) is 14.8. The Morgan fingerprint density at radius 3 is 2.45 bits per heavy atom. The van der Waals surface area contributed by atoms with Crippen LogP contribution in [0.15, 0.2) is 24.3 Å². The summed E-state index contributed by atoms with van der Waals surface area (Å²) in [7, 11) is 1.69. The molecule has 0 saturated heterocycles. The Bertz CT molecular complexity index is 368. The molecule has 20 heavy (non-hydrogen) atoms. The van der Waals surface area contributed by atoms with Crippen LogP contribution in [0.4, 0.5) is 0 Å². The van der Waals surface area contributed by atoms with E-state index in [0.717, 1.165) is 24.4 Å². The SMILES string of the molecule is CCNCC(OCCOC(C)C)c1ccccc1OC. The number of rotatable bonds is 10. The average Bonchev–Trinajstić information content (AvgIpc) is 2.46. The molecule has 1 N–H and O–H groups in total. The molecular formula is C16H27NO3. The number of benzene rings is 1. The number of para-hydroxylation sites is 1. The fourth-order valence-electron chi connectivity index (χ4n) is 1.94. The van der Waals surface area contributed by atoms with Crippen molar-refractivity contribution in [3.8, 4) is 5.75 Å². The van der Waals surface area contributed by atoms with Gasteiger partial charge in [0.1, 0.15) is 5.75 Å². The maximum atomic E-state index is 5.96. The topological polar surface area (TPSA) is 39.7 Å². The van der Waals surface area contributed by atoms with Crippen molar-refractivity contribution in [2.24, 2.45) is 0 Å². The maximum absolute atomic E-state index is 5.96. The number of hydrogen-bond donors (Lipinski definition) is 1. The van der Waals surface area contributed by atoms with E-state index in [1.54, 1.807) is 7.11 Å². The van der Waals surface area contributed by atoms with E-state index in [1.807, 2.05) is 38.1 Å². The minimum Gasteiger partial charge on any atom is -0.496 e. The molecule has 1 atom stereocenters. The third-order valence-electron chi connectivity index (χ3n) is 2.92. The third-order valence-corrected chi connectivity index (χ3v) is 2.92. The Morgan fingerprint density at radius 2 is 1.80 bits per heavy atom. The van der Waals surface area contributed by atoms with E-state index in [2.05, 4.69) is 12.2 Å². The first kappa shape index (κ1) is 17.0. The third kappa shape index (κ3) is 5.90. The van der Waals surface area contributed by atoms with Gasteiger partial charge < -0.3 is 19.5 Å². The van der Waals surface area contributed by atoms with Crippen molar-refractivity contribution in [1.82, 2.24) is 5.32 Å². The molecule has 4 heteroatoms. The minimum absolute atomic E-state index is 0.0261. The molecule has 1 aromatic rings. The summed E-state index contributed by atoms with van der Waals surface area (Å²) in [6.45, 7) is 8.99. The Morgan fingerprint density at radius 1 is 1.10 bits per heavy atom. The number of hydrogen-bond acceptors (Lipinski definition) is 4. The van der Waals surface area contributed by atoms with Crippen LogP contribution in [0.25, 0.3) is 0 Å². The van der Waals surface area contributed by atoms with E-state index in [0.29, 0.717) is 13.2 Å². The summed E-state index contributed by atoms with van der Waals surface area (Å²) in [5.74, 6) is 0.861. The monoisotopic (exact) mass is 281 g/mol. The predicted octanol–water partition coefficient (Wildman–Crippen LogP) is 2.79. The second-order valence-corrected chi connectivity index (χ2v) is 4.83. The highest BCUT2D eigenvalue weighted by Gasteiger charge is 2.16. The first-order valence-electron chi connectivity index (χ1n) is 7.25. The normalized spacial score (nSPS) is 12.7. The summed E-state index contributed by atoms with van der Waals surface area (Å²) < 4.78 is 16.9. The van der Waals surface area contributed by atoms with Crippen LogP contribution in [-0.2, 0) is 9.47 Å². The van der Waals surface area contributed by atoms with E-state index in [-0.39, 0.29) is 12.2 Å². The number of methoxy groups -OCH3 is 1. The second-order valence-electron chi connectivity index (χ2n) is 4.83. The molecule has 0 saturated carbocycles. The van der Waals surface area contributed by atoms with Crippen LogP contribution in [0.2, 0.25) is 0 Å². The van der Waals surface area contributed by atoms with Gasteiger partial charge in [-0.3, -0.25) is 0 Å². The fraction of sp³-hybridized carbons (Fsp3) is 0.625. The lowest BCUT2D eigenvalue weighted by Crippen LogP contribution is -2.25. The van der Waals surface area contributed by atoms with Gasteiger partial charge in [-0.25, -0.2) is 0 Å². The molecule has 1 aromatic carbocycles. The first-order valence-corrected chi connectivity index (χ1v) is 7.25. The molecule has 0 spiro atoms. The van der Waals surface area contributed by atoms with Gasteiger partial charge in [0.05, 0.1) is 32.5 Å². The van der Waals surface area contributed by atoms with Gasteiger partial charge in [0.2, 0.25) is 0 Å². The van der Waals surface area contributed by atoms with E-state index >= 15 is 0 Å². The Balaban J connectivity index is 2.62. The zero-order valence-corrected chi connectivity index (χ0v) is 13.0. The lowest BCUT2D eigenvalue weighted by Gasteiger charge is -2.21. The lowest BCUT2D eigenvalue weighted by molar-refractivity contribution is -0.0135. The molecule has 0 heterocycles. The van der Waals surface area contributed by atoms with E-state index < -0.39 is 0 Å². The number of nitrogens with one attached hydrogen (secondary N) is 1. The van der Waals surface area contributed by atoms with E-state index in [9.17, 15) is 0 Å². The molecule has 0 aliphatic heterocycles. The highest BCUT2D eigenvalue weighted by Crippen LogP contribution is 2.26. The molecule has 0 aliphatic rings. The van der Waals surface area contributed by atoms with Gasteiger partial charge in [-0.2, -0.15) is 0 Å². The Kier molecular flexibility index (Phi) is 8.26. The summed E-state index contributed by atoms with van der Waals surface area (Å²) in [6.07, 6.45) is 0.207. The summed E-state index contributed by atoms with van der Waals surface area (Å²) in [5, 5.41) is 3.33. The summed E-state index contributed by atoms with van der Waals surface area (Å²) >= 11 is 0. The Labute approximate surface area is 122 Å². The molecule has 0 radical (unpaired) electrons. The zero-order valence-electron chi connectivity index (χ0n) is 13.0. The van der Waals surface area contributed by atoms with Crippen LogP contribution < -0.4 is 10.1 Å². The predicted molar refractivity (Wildman–Crippen MR) is 81.3 cm³/mol. The lowest BCUT2D eigenvalue weighted by atomic mass is 10.1. The van der Waals surface area contributed by atoms with Crippen LogP contribution in [-0.4, -0.2) is 39.5 Å². The van der Waals surface area contributed by atoms with Crippen molar-refractivity contribution >= 4 is 0 Å². The highest BCUT2D eigenvalue weighted by molar-refractivity contribution is 5.35. The van der Waals surface area contributed by atoms with Gasteiger partial charge in [-0.1, -0.05) is 25.1 Å².